The van der Waals surface area contributed by atoms with Crippen molar-refractivity contribution in [1.82, 2.24) is 10.2 Å². The predicted molar refractivity (Wildman–Crippen MR) is 112 cm³/mol. The normalized spacial score (nSPS) is 10.3. The molecule has 0 unspecified atom stereocenters. The Kier molecular flexibility index (Phi) is 8.40. The maximum absolute atomic E-state index is 12.4. The lowest BCUT2D eigenvalue weighted by Crippen LogP contribution is -2.26. The molecule has 0 radical (unpaired) electrons. The van der Waals surface area contributed by atoms with Gasteiger partial charge in [-0.2, -0.15) is 0 Å². The van der Waals surface area contributed by atoms with E-state index in [0.717, 1.165) is 17.7 Å². The molecule has 2 rings (SSSR count). The second-order valence-electron chi connectivity index (χ2n) is 6.82. The fourth-order valence-corrected chi connectivity index (χ4v) is 2.78. The molecule has 0 saturated carbocycles. The third kappa shape index (κ3) is 6.75. The highest BCUT2D eigenvalue weighted by Crippen LogP contribution is 2.15. The number of ketones is 1. The van der Waals surface area contributed by atoms with Gasteiger partial charge in [0.2, 0.25) is 5.91 Å². The molecule has 29 heavy (non-hydrogen) atoms. The van der Waals surface area contributed by atoms with Gasteiger partial charge in [0.15, 0.2) is 5.78 Å². The molecule has 0 spiro atoms. The summed E-state index contributed by atoms with van der Waals surface area (Å²) in [5.74, 6) is 0.423. The molecule has 0 heterocycles. The smallest absolute Gasteiger partial charge is 0.251 e. The number of nitrogens with zero attached hydrogens (tertiary/aromatic N) is 1. The minimum absolute atomic E-state index is 0.0660. The molecule has 0 fully saturated rings. The van der Waals surface area contributed by atoms with Gasteiger partial charge in [-0.1, -0.05) is 19.1 Å². The molecule has 2 aromatic rings. The number of carbonyl (C=O) groups is 3. The highest BCUT2D eigenvalue weighted by molar-refractivity contribution is 5.98. The van der Waals surface area contributed by atoms with E-state index in [9.17, 15) is 14.4 Å². The minimum atomic E-state index is -0.149. The first-order valence-electron chi connectivity index (χ1n) is 9.75. The number of hydrogen-bond donors (Lipinski definition) is 1. The molecule has 2 aromatic carbocycles. The van der Waals surface area contributed by atoms with Gasteiger partial charge in [0.25, 0.3) is 5.91 Å². The molecule has 0 atom stereocenters. The van der Waals surface area contributed by atoms with Crippen LogP contribution in [0, 0.1) is 0 Å². The van der Waals surface area contributed by atoms with Crippen molar-refractivity contribution >= 4 is 17.6 Å². The first kappa shape index (κ1) is 22.1. The van der Waals surface area contributed by atoms with Crippen molar-refractivity contribution in [2.45, 2.75) is 32.7 Å². The Bertz CT molecular complexity index is 829. The van der Waals surface area contributed by atoms with E-state index in [0.29, 0.717) is 24.3 Å². The van der Waals surface area contributed by atoms with E-state index in [4.69, 9.17) is 4.74 Å². The summed E-state index contributed by atoms with van der Waals surface area (Å²) in [7, 11) is 3.29. The van der Waals surface area contributed by atoms with Crippen molar-refractivity contribution in [2.75, 3.05) is 20.7 Å². The summed E-state index contributed by atoms with van der Waals surface area (Å²) in [5, 5.41) is 2.57. The van der Waals surface area contributed by atoms with E-state index in [1.165, 1.54) is 0 Å². The lowest BCUT2D eigenvalue weighted by Gasteiger charge is -2.17. The zero-order valence-electron chi connectivity index (χ0n) is 17.2. The van der Waals surface area contributed by atoms with Gasteiger partial charge >= 0.3 is 0 Å². The van der Waals surface area contributed by atoms with Crippen LogP contribution in [0.25, 0.3) is 0 Å². The van der Waals surface area contributed by atoms with E-state index in [1.54, 1.807) is 55.4 Å². The fraction of sp³-hybridized carbons (Fsp3) is 0.348. The van der Waals surface area contributed by atoms with Crippen LogP contribution in [-0.4, -0.2) is 43.2 Å². The van der Waals surface area contributed by atoms with Gasteiger partial charge < -0.3 is 15.0 Å². The van der Waals surface area contributed by atoms with Crippen LogP contribution in [0.4, 0.5) is 0 Å². The first-order valence-corrected chi connectivity index (χ1v) is 9.75. The number of nitrogens with one attached hydrogen (secondary N) is 1. The monoisotopic (exact) mass is 396 g/mol. The summed E-state index contributed by atoms with van der Waals surface area (Å²) in [6, 6.07) is 14.1. The number of rotatable bonds is 10. The van der Waals surface area contributed by atoms with Crippen molar-refractivity contribution in [1.29, 1.82) is 0 Å². The Morgan fingerprint density at radius 2 is 1.55 bits per heavy atom. The van der Waals surface area contributed by atoms with Gasteiger partial charge in [-0.3, -0.25) is 14.4 Å². The lowest BCUT2D eigenvalue weighted by molar-refractivity contribution is -0.130. The number of Topliss-reactive ketones (excluding diaryl/α,β-unsaturated/α-hetero) is 1. The van der Waals surface area contributed by atoms with Crippen molar-refractivity contribution in [3.05, 3.63) is 65.2 Å². The van der Waals surface area contributed by atoms with E-state index < -0.39 is 0 Å². The molecular weight excluding hydrogens is 368 g/mol. The van der Waals surface area contributed by atoms with Crippen LogP contribution >= 0.6 is 0 Å². The quantitative estimate of drug-likeness (QED) is 0.624. The summed E-state index contributed by atoms with van der Waals surface area (Å²) >= 11 is 0. The molecule has 2 amide bonds. The highest BCUT2D eigenvalue weighted by Gasteiger charge is 2.14. The van der Waals surface area contributed by atoms with Crippen molar-refractivity contribution < 1.29 is 19.1 Å². The van der Waals surface area contributed by atoms with Crippen molar-refractivity contribution in [2.24, 2.45) is 0 Å². The predicted octanol–water partition coefficient (Wildman–Crippen LogP) is 3.46. The minimum Gasteiger partial charge on any atom is -0.494 e. The Morgan fingerprint density at radius 3 is 2.14 bits per heavy atom. The maximum Gasteiger partial charge on any atom is 0.251 e. The van der Waals surface area contributed by atoms with E-state index in [1.807, 2.05) is 19.1 Å². The standard InChI is InChI=1S/C23H28N2O4/c1-4-15-29-20-11-9-18(10-12-20)21(26)13-14-22(27)25(3)16-17-5-7-19(8-6-17)23(28)24-2/h5-12H,4,13-16H2,1-3H3,(H,24,28). The average molecular weight is 396 g/mol. The van der Waals surface area contributed by atoms with Crippen LogP contribution < -0.4 is 10.1 Å². The third-order valence-electron chi connectivity index (χ3n) is 4.50. The summed E-state index contributed by atoms with van der Waals surface area (Å²) in [6.07, 6.45) is 1.24. The summed E-state index contributed by atoms with van der Waals surface area (Å²) in [6.45, 7) is 3.10. The zero-order valence-corrected chi connectivity index (χ0v) is 17.2. The molecule has 0 aromatic heterocycles. The van der Waals surface area contributed by atoms with Gasteiger partial charge in [-0.15, -0.1) is 0 Å². The van der Waals surface area contributed by atoms with Gasteiger partial charge in [0, 0.05) is 44.6 Å². The van der Waals surface area contributed by atoms with E-state index in [-0.39, 0.29) is 30.4 Å². The molecule has 6 nitrogen and oxygen atoms in total. The second-order valence-corrected chi connectivity index (χ2v) is 6.82. The van der Waals surface area contributed by atoms with E-state index >= 15 is 0 Å². The average Bonchev–Trinajstić information content (AvgIpc) is 2.76. The number of hydrogen-bond acceptors (Lipinski definition) is 4. The van der Waals surface area contributed by atoms with Crippen LogP contribution in [0.5, 0.6) is 5.75 Å². The number of carbonyl (C=O) groups excluding carboxylic acids is 3. The van der Waals surface area contributed by atoms with Crippen LogP contribution in [0.15, 0.2) is 48.5 Å². The van der Waals surface area contributed by atoms with Gasteiger partial charge in [0.1, 0.15) is 5.75 Å². The summed E-state index contributed by atoms with van der Waals surface area (Å²) < 4.78 is 5.51. The van der Waals surface area contributed by atoms with Crippen LogP contribution in [0.1, 0.15) is 52.5 Å². The van der Waals surface area contributed by atoms with Crippen LogP contribution in [0.2, 0.25) is 0 Å². The number of amides is 2. The largest absolute Gasteiger partial charge is 0.494 e. The lowest BCUT2D eigenvalue weighted by atomic mass is 10.1. The molecule has 0 saturated heterocycles. The van der Waals surface area contributed by atoms with Gasteiger partial charge in [-0.25, -0.2) is 0 Å². The molecule has 154 valence electrons. The molecule has 6 heteroatoms. The van der Waals surface area contributed by atoms with E-state index in [2.05, 4.69) is 5.32 Å². The molecule has 0 aliphatic rings. The Balaban J connectivity index is 1.83. The Hall–Kier alpha value is -3.15. The van der Waals surface area contributed by atoms with Gasteiger partial charge in [0.05, 0.1) is 6.61 Å². The van der Waals surface area contributed by atoms with Crippen LogP contribution in [0.3, 0.4) is 0 Å². The number of benzene rings is 2. The summed E-state index contributed by atoms with van der Waals surface area (Å²) in [5.41, 5.74) is 2.07. The highest BCUT2D eigenvalue weighted by atomic mass is 16.5. The maximum atomic E-state index is 12.4. The molecular formula is C23H28N2O4. The third-order valence-corrected chi connectivity index (χ3v) is 4.50. The summed E-state index contributed by atoms with van der Waals surface area (Å²) in [4.78, 5) is 37.9. The fourth-order valence-electron chi connectivity index (χ4n) is 2.78. The molecule has 0 aliphatic heterocycles. The number of ether oxygens (including phenoxy) is 1. The van der Waals surface area contributed by atoms with Crippen molar-refractivity contribution in [3.8, 4) is 5.75 Å². The SMILES string of the molecule is CCCOc1ccc(C(=O)CCC(=O)N(C)Cc2ccc(C(=O)NC)cc2)cc1. The van der Waals surface area contributed by atoms with Crippen LogP contribution in [-0.2, 0) is 11.3 Å². The van der Waals surface area contributed by atoms with Crippen molar-refractivity contribution in [3.63, 3.8) is 0 Å². The second kappa shape index (κ2) is 11.0. The Morgan fingerprint density at radius 1 is 0.931 bits per heavy atom. The molecule has 1 N–H and O–H groups in total. The first-order chi connectivity index (χ1) is 13.9. The molecule has 0 bridgehead atoms. The Labute approximate surface area is 171 Å². The molecule has 0 aliphatic carbocycles. The topological polar surface area (TPSA) is 75.7 Å². The van der Waals surface area contributed by atoms with Gasteiger partial charge in [-0.05, 0) is 48.4 Å². The zero-order chi connectivity index (χ0) is 21.2.